The number of carboxylic acid groups (broad SMARTS) is 1. The van der Waals surface area contributed by atoms with Crippen LogP contribution in [-0.4, -0.2) is 27.0 Å². The van der Waals surface area contributed by atoms with Gasteiger partial charge in [-0.25, -0.2) is 9.78 Å². The molecule has 2 aromatic rings. The molecule has 0 spiro atoms. The molecule has 0 saturated heterocycles. The number of amides is 1. The molecule has 0 aliphatic carbocycles. The summed E-state index contributed by atoms with van der Waals surface area (Å²) in [6, 6.07) is 4.65. The third-order valence-corrected chi connectivity index (χ3v) is 2.97. The van der Waals surface area contributed by atoms with Crippen LogP contribution in [0, 0.1) is 0 Å². The molecule has 0 bridgehead atoms. The minimum atomic E-state index is -1.06. The lowest BCUT2D eigenvalue weighted by Gasteiger charge is -2.05. The standard InChI is InChI=1S/C14H12ClN3O3/c15-11-7-10(2-1-9(11)3-4-13(19)20)14(21)18-8-12-16-5-6-17-12/h1-7H,8H2,(H,16,17)(H,18,21)(H,19,20)/b4-3+. The third-order valence-electron chi connectivity index (χ3n) is 2.64. The topological polar surface area (TPSA) is 95.1 Å². The van der Waals surface area contributed by atoms with Crippen LogP contribution in [0.4, 0.5) is 0 Å². The maximum atomic E-state index is 11.9. The highest BCUT2D eigenvalue weighted by Crippen LogP contribution is 2.19. The number of nitrogens with zero attached hydrogens (tertiary/aromatic N) is 1. The lowest BCUT2D eigenvalue weighted by Crippen LogP contribution is -2.23. The van der Waals surface area contributed by atoms with Crippen LogP contribution in [0.25, 0.3) is 6.08 Å². The number of carbonyl (C=O) groups is 2. The van der Waals surface area contributed by atoms with E-state index < -0.39 is 5.97 Å². The highest BCUT2D eigenvalue weighted by molar-refractivity contribution is 6.32. The molecule has 2 rings (SSSR count). The summed E-state index contributed by atoms with van der Waals surface area (Å²) in [4.78, 5) is 29.3. The van der Waals surface area contributed by atoms with Crippen molar-refractivity contribution in [1.29, 1.82) is 0 Å². The van der Waals surface area contributed by atoms with E-state index in [1.165, 1.54) is 12.1 Å². The molecule has 0 unspecified atom stereocenters. The Morgan fingerprint density at radius 1 is 1.43 bits per heavy atom. The number of aromatic amines is 1. The van der Waals surface area contributed by atoms with Crippen molar-refractivity contribution in [2.24, 2.45) is 0 Å². The summed E-state index contributed by atoms with van der Waals surface area (Å²) in [6.45, 7) is 0.282. The Bertz CT molecular complexity index is 681. The summed E-state index contributed by atoms with van der Waals surface area (Å²) >= 11 is 6.01. The first-order valence-electron chi connectivity index (χ1n) is 6.03. The van der Waals surface area contributed by atoms with E-state index in [1.54, 1.807) is 24.5 Å². The molecule has 108 valence electrons. The average molecular weight is 306 g/mol. The molecular formula is C14H12ClN3O3. The molecule has 1 amide bonds. The Morgan fingerprint density at radius 2 is 2.24 bits per heavy atom. The van der Waals surface area contributed by atoms with Gasteiger partial charge >= 0.3 is 5.97 Å². The molecule has 1 aromatic heterocycles. The van der Waals surface area contributed by atoms with Gasteiger partial charge in [-0.3, -0.25) is 4.79 Å². The molecule has 1 aromatic carbocycles. The lowest BCUT2D eigenvalue weighted by molar-refractivity contribution is -0.131. The predicted octanol–water partition coefficient (Wildman–Crippen LogP) is 2.09. The fourth-order valence-electron chi connectivity index (χ4n) is 1.63. The molecule has 0 saturated carbocycles. The van der Waals surface area contributed by atoms with Gasteiger partial charge in [0.2, 0.25) is 0 Å². The second-order valence-electron chi connectivity index (χ2n) is 4.13. The van der Waals surface area contributed by atoms with Gasteiger partial charge in [-0.05, 0) is 23.8 Å². The zero-order chi connectivity index (χ0) is 15.2. The van der Waals surface area contributed by atoms with Gasteiger partial charge in [0.25, 0.3) is 5.91 Å². The Kier molecular flexibility index (Phi) is 4.73. The number of aliphatic carboxylic acids is 1. The number of nitrogens with one attached hydrogen (secondary N) is 2. The van der Waals surface area contributed by atoms with Crippen LogP contribution >= 0.6 is 11.6 Å². The molecule has 21 heavy (non-hydrogen) atoms. The molecule has 7 heteroatoms. The van der Waals surface area contributed by atoms with E-state index in [2.05, 4.69) is 15.3 Å². The van der Waals surface area contributed by atoms with Crippen LogP contribution in [0.2, 0.25) is 5.02 Å². The molecule has 0 atom stereocenters. The summed E-state index contributed by atoms with van der Waals surface area (Å²) in [5, 5.41) is 11.6. The Morgan fingerprint density at radius 3 is 2.86 bits per heavy atom. The van der Waals surface area contributed by atoms with E-state index in [1.807, 2.05) is 0 Å². The fraction of sp³-hybridized carbons (Fsp3) is 0.0714. The second-order valence-corrected chi connectivity index (χ2v) is 4.53. The van der Waals surface area contributed by atoms with Crippen LogP contribution in [0.1, 0.15) is 21.7 Å². The van der Waals surface area contributed by atoms with Crippen molar-refractivity contribution in [3.8, 4) is 0 Å². The molecule has 0 fully saturated rings. The van der Waals surface area contributed by atoms with Crippen LogP contribution in [0.3, 0.4) is 0 Å². The van der Waals surface area contributed by atoms with Gasteiger partial charge in [-0.1, -0.05) is 17.7 Å². The molecule has 6 nitrogen and oxygen atoms in total. The smallest absolute Gasteiger partial charge is 0.328 e. The second kappa shape index (κ2) is 6.71. The normalized spacial score (nSPS) is 10.7. The summed E-state index contributed by atoms with van der Waals surface area (Å²) in [5.41, 5.74) is 0.917. The highest BCUT2D eigenvalue weighted by Gasteiger charge is 2.08. The van der Waals surface area contributed by atoms with Crippen molar-refractivity contribution in [2.75, 3.05) is 0 Å². The number of imidazole rings is 1. The zero-order valence-electron chi connectivity index (χ0n) is 10.8. The molecule has 3 N–H and O–H groups in total. The van der Waals surface area contributed by atoms with Gasteiger partial charge in [-0.2, -0.15) is 0 Å². The van der Waals surface area contributed by atoms with Gasteiger partial charge in [0.1, 0.15) is 5.82 Å². The number of H-pyrrole nitrogens is 1. The first-order chi connectivity index (χ1) is 10.1. The molecule has 1 heterocycles. The summed E-state index contributed by atoms with van der Waals surface area (Å²) < 4.78 is 0. The molecule has 0 aliphatic heterocycles. The van der Waals surface area contributed by atoms with Gasteiger partial charge in [0.05, 0.1) is 6.54 Å². The molecular weight excluding hydrogens is 294 g/mol. The SMILES string of the molecule is O=C(O)/C=C/c1ccc(C(=O)NCc2ncc[nH]2)cc1Cl. The quantitative estimate of drug-likeness (QED) is 0.737. The Labute approximate surface area is 125 Å². The van der Waals surface area contributed by atoms with Crippen molar-refractivity contribution in [2.45, 2.75) is 6.54 Å². The summed E-state index contributed by atoms with van der Waals surface area (Å²) in [7, 11) is 0. The van der Waals surface area contributed by atoms with E-state index in [0.717, 1.165) is 6.08 Å². The zero-order valence-corrected chi connectivity index (χ0v) is 11.6. The van der Waals surface area contributed by atoms with Crippen LogP contribution in [0.15, 0.2) is 36.7 Å². The maximum absolute atomic E-state index is 11.9. The van der Waals surface area contributed by atoms with Crippen molar-refractivity contribution in [3.63, 3.8) is 0 Å². The van der Waals surface area contributed by atoms with Gasteiger partial charge in [-0.15, -0.1) is 0 Å². The van der Waals surface area contributed by atoms with Crippen molar-refractivity contribution in [1.82, 2.24) is 15.3 Å². The van der Waals surface area contributed by atoms with E-state index in [4.69, 9.17) is 16.7 Å². The number of rotatable bonds is 5. The first kappa shape index (κ1) is 14.8. The van der Waals surface area contributed by atoms with Crippen molar-refractivity contribution < 1.29 is 14.7 Å². The number of benzene rings is 1. The molecule has 0 aliphatic rings. The van der Waals surface area contributed by atoms with Crippen molar-refractivity contribution >= 4 is 29.6 Å². The van der Waals surface area contributed by atoms with E-state index >= 15 is 0 Å². The first-order valence-corrected chi connectivity index (χ1v) is 6.41. The summed E-state index contributed by atoms with van der Waals surface area (Å²) in [5.74, 6) is -0.705. The average Bonchev–Trinajstić information content (AvgIpc) is 2.96. The van der Waals surface area contributed by atoms with Crippen LogP contribution < -0.4 is 5.32 Å². The Balaban J connectivity index is 2.05. The predicted molar refractivity (Wildman–Crippen MR) is 77.9 cm³/mol. The number of aromatic nitrogens is 2. The van der Waals surface area contributed by atoms with E-state index in [0.29, 0.717) is 22.0 Å². The number of hydrogen-bond acceptors (Lipinski definition) is 3. The van der Waals surface area contributed by atoms with Gasteiger partial charge in [0.15, 0.2) is 0 Å². The lowest BCUT2D eigenvalue weighted by atomic mass is 10.1. The van der Waals surface area contributed by atoms with E-state index in [9.17, 15) is 9.59 Å². The van der Waals surface area contributed by atoms with Gasteiger partial charge < -0.3 is 15.4 Å². The van der Waals surface area contributed by atoms with Crippen molar-refractivity contribution in [3.05, 3.63) is 58.6 Å². The monoisotopic (exact) mass is 305 g/mol. The number of carbonyl (C=O) groups excluding carboxylic acids is 1. The number of hydrogen-bond donors (Lipinski definition) is 3. The largest absolute Gasteiger partial charge is 0.478 e. The molecule has 0 radical (unpaired) electrons. The maximum Gasteiger partial charge on any atom is 0.328 e. The van der Waals surface area contributed by atoms with E-state index in [-0.39, 0.29) is 12.5 Å². The van der Waals surface area contributed by atoms with Crippen LogP contribution in [0.5, 0.6) is 0 Å². The summed E-state index contributed by atoms with van der Waals surface area (Å²) in [6.07, 6.45) is 5.62. The van der Waals surface area contributed by atoms with Gasteiger partial charge in [0, 0.05) is 29.1 Å². The fourth-order valence-corrected chi connectivity index (χ4v) is 1.87. The number of carboxylic acids is 1. The minimum absolute atomic E-state index is 0.282. The third kappa shape index (κ3) is 4.19. The van der Waals surface area contributed by atoms with Crippen LogP contribution in [-0.2, 0) is 11.3 Å². The minimum Gasteiger partial charge on any atom is -0.478 e. The highest BCUT2D eigenvalue weighted by atomic mass is 35.5. The Hall–Kier alpha value is -2.60. The number of halogens is 1.